The van der Waals surface area contributed by atoms with Crippen molar-refractivity contribution in [3.8, 4) is 5.75 Å². The van der Waals surface area contributed by atoms with E-state index in [0.717, 1.165) is 17.7 Å². The molecule has 0 bridgehead atoms. The van der Waals surface area contributed by atoms with Crippen molar-refractivity contribution in [2.45, 2.75) is 26.2 Å². The molecule has 0 aromatic heterocycles. The van der Waals surface area contributed by atoms with E-state index in [1.54, 1.807) is 23.0 Å². The fourth-order valence-electron chi connectivity index (χ4n) is 3.29. The summed E-state index contributed by atoms with van der Waals surface area (Å²) in [5, 5.41) is 3.86. The lowest BCUT2D eigenvalue weighted by molar-refractivity contribution is -0.126. The number of nitrogens with one attached hydrogen (secondary N) is 1. The molecule has 0 unspecified atom stereocenters. The third-order valence-electron chi connectivity index (χ3n) is 4.91. The van der Waals surface area contributed by atoms with Crippen LogP contribution in [-0.2, 0) is 16.0 Å². The van der Waals surface area contributed by atoms with Gasteiger partial charge in [0.1, 0.15) is 11.5 Å². The minimum Gasteiger partial charge on any atom is -0.496 e. The Bertz CT molecular complexity index is 782. The highest BCUT2D eigenvalue weighted by Crippen LogP contribution is 2.21. The lowest BCUT2D eigenvalue weighted by Gasteiger charge is -2.35. The third-order valence-corrected chi connectivity index (χ3v) is 4.91. The number of ether oxygens (including phenoxy) is 1. The fourth-order valence-corrected chi connectivity index (χ4v) is 3.29. The number of piperazine rings is 1. The molecule has 1 aromatic rings. The van der Waals surface area contributed by atoms with Crippen molar-refractivity contribution in [1.29, 1.82) is 0 Å². The first kappa shape index (κ1) is 18.9. The van der Waals surface area contributed by atoms with Gasteiger partial charge in [-0.2, -0.15) is 5.10 Å². The van der Waals surface area contributed by atoms with Crippen LogP contribution in [0.15, 0.2) is 23.3 Å². The molecule has 27 heavy (non-hydrogen) atoms. The van der Waals surface area contributed by atoms with E-state index in [1.165, 1.54) is 0 Å². The largest absolute Gasteiger partial charge is 0.496 e. The summed E-state index contributed by atoms with van der Waals surface area (Å²) >= 11 is 0. The van der Waals surface area contributed by atoms with Crippen LogP contribution >= 0.6 is 0 Å². The molecular formula is C19H24N4O4. The number of nitrogens with zero attached hydrogens (tertiary/aromatic N) is 3. The summed E-state index contributed by atoms with van der Waals surface area (Å²) in [6.45, 7) is 3.87. The van der Waals surface area contributed by atoms with E-state index in [4.69, 9.17) is 4.74 Å². The Hall–Kier alpha value is -2.90. The molecule has 8 heteroatoms. The van der Waals surface area contributed by atoms with Gasteiger partial charge in [-0.1, -0.05) is 6.92 Å². The van der Waals surface area contributed by atoms with Gasteiger partial charge in [0, 0.05) is 44.6 Å². The van der Waals surface area contributed by atoms with Crippen molar-refractivity contribution in [3.05, 3.63) is 29.3 Å². The van der Waals surface area contributed by atoms with Crippen LogP contribution in [0.2, 0.25) is 0 Å². The molecule has 3 amide bonds. The number of carbonyl (C=O) groups is 3. The van der Waals surface area contributed by atoms with Crippen molar-refractivity contribution >= 4 is 23.4 Å². The molecule has 0 radical (unpaired) electrons. The first-order valence-corrected chi connectivity index (χ1v) is 9.14. The van der Waals surface area contributed by atoms with Gasteiger partial charge < -0.3 is 14.5 Å². The van der Waals surface area contributed by atoms with E-state index in [-0.39, 0.29) is 24.1 Å². The SMILES string of the molecule is CCc1cc(C(=O)N2CCN(C(=O)C3=NNC(=O)CC3)CC2)ccc1OC. The van der Waals surface area contributed by atoms with Gasteiger partial charge in [0.25, 0.3) is 11.8 Å². The molecule has 0 spiro atoms. The summed E-state index contributed by atoms with van der Waals surface area (Å²) < 4.78 is 5.31. The Morgan fingerprint density at radius 2 is 1.78 bits per heavy atom. The Kier molecular flexibility index (Phi) is 5.73. The van der Waals surface area contributed by atoms with Crippen molar-refractivity contribution in [2.24, 2.45) is 5.10 Å². The van der Waals surface area contributed by atoms with Crippen molar-refractivity contribution in [3.63, 3.8) is 0 Å². The molecule has 1 fully saturated rings. The number of methoxy groups -OCH3 is 1. The second kappa shape index (κ2) is 8.20. The number of amides is 3. The van der Waals surface area contributed by atoms with Crippen LogP contribution in [0, 0.1) is 0 Å². The second-order valence-corrected chi connectivity index (χ2v) is 6.56. The molecule has 3 rings (SSSR count). The maximum Gasteiger partial charge on any atom is 0.270 e. The molecule has 2 aliphatic heterocycles. The zero-order valence-electron chi connectivity index (χ0n) is 15.7. The van der Waals surface area contributed by atoms with E-state index in [1.807, 2.05) is 19.1 Å². The number of hydrogen-bond acceptors (Lipinski definition) is 5. The summed E-state index contributed by atoms with van der Waals surface area (Å²) in [5.74, 6) is 0.402. The van der Waals surface area contributed by atoms with Gasteiger partial charge in [0.15, 0.2) is 0 Å². The topological polar surface area (TPSA) is 91.3 Å². The molecule has 2 heterocycles. The quantitative estimate of drug-likeness (QED) is 0.847. The van der Waals surface area contributed by atoms with Crippen LogP contribution in [0.1, 0.15) is 35.7 Å². The first-order chi connectivity index (χ1) is 13.0. The van der Waals surface area contributed by atoms with Crippen LogP contribution in [0.4, 0.5) is 0 Å². The van der Waals surface area contributed by atoms with Crippen molar-refractivity contribution in [2.75, 3.05) is 33.3 Å². The first-order valence-electron chi connectivity index (χ1n) is 9.14. The number of benzene rings is 1. The van der Waals surface area contributed by atoms with Crippen molar-refractivity contribution in [1.82, 2.24) is 15.2 Å². The molecule has 0 saturated carbocycles. The lowest BCUT2D eigenvalue weighted by atomic mass is 10.1. The Morgan fingerprint density at radius 1 is 1.11 bits per heavy atom. The molecule has 1 aromatic carbocycles. The molecule has 144 valence electrons. The van der Waals surface area contributed by atoms with E-state index in [2.05, 4.69) is 10.5 Å². The average molecular weight is 372 g/mol. The van der Waals surface area contributed by atoms with Crippen LogP contribution in [0.5, 0.6) is 5.75 Å². The Labute approximate surface area is 158 Å². The summed E-state index contributed by atoms with van der Waals surface area (Å²) in [7, 11) is 1.62. The van der Waals surface area contributed by atoms with E-state index in [9.17, 15) is 14.4 Å². The van der Waals surface area contributed by atoms with Crippen LogP contribution in [0.3, 0.4) is 0 Å². The number of hydrogen-bond donors (Lipinski definition) is 1. The summed E-state index contributed by atoms with van der Waals surface area (Å²) in [6, 6.07) is 5.47. The second-order valence-electron chi connectivity index (χ2n) is 6.56. The van der Waals surface area contributed by atoms with Gasteiger partial charge in [0.2, 0.25) is 5.91 Å². The molecule has 1 N–H and O–H groups in total. The maximum atomic E-state index is 12.8. The predicted molar refractivity (Wildman–Crippen MR) is 99.7 cm³/mol. The molecule has 0 atom stereocenters. The minimum atomic E-state index is -0.173. The van der Waals surface area contributed by atoms with E-state index in [0.29, 0.717) is 43.9 Å². The van der Waals surface area contributed by atoms with Gasteiger partial charge in [-0.15, -0.1) is 0 Å². The highest BCUT2D eigenvalue weighted by atomic mass is 16.5. The number of rotatable bonds is 4. The normalized spacial score (nSPS) is 17.3. The average Bonchev–Trinajstić information content (AvgIpc) is 2.72. The summed E-state index contributed by atoms with van der Waals surface area (Å²) in [4.78, 5) is 39.9. The third kappa shape index (κ3) is 4.10. The zero-order valence-corrected chi connectivity index (χ0v) is 15.7. The van der Waals surface area contributed by atoms with Gasteiger partial charge in [0.05, 0.1) is 7.11 Å². The van der Waals surface area contributed by atoms with Crippen LogP contribution < -0.4 is 10.2 Å². The monoisotopic (exact) mass is 372 g/mol. The van der Waals surface area contributed by atoms with Gasteiger partial charge in [-0.25, -0.2) is 5.43 Å². The predicted octanol–water partition coefficient (Wildman–Crippen LogP) is 0.808. The Morgan fingerprint density at radius 3 is 2.33 bits per heavy atom. The highest BCUT2D eigenvalue weighted by molar-refractivity contribution is 6.39. The lowest BCUT2D eigenvalue weighted by Crippen LogP contribution is -2.52. The van der Waals surface area contributed by atoms with Gasteiger partial charge in [-0.3, -0.25) is 14.4 Å². The van der Waals surface area contributed by atoms with E-state index < -0.39 is 0 Å². The zero-order chi connectivity index (χ0) is 19.4. The van der Waals surface area contributed by atoms with E-state index >= 15 is 0 Å². The molecule has 1 saturated heterocycles. The smallest absolute Gasteiger partial charge is 0.270 e. The van der Waals surface area contributed by atoms with Gasteiger partial charge in [-0.05, 0) is 30.2 Å². The van der Waals surface area contributed by atoms with Crippen LogP contribution in [-0.4, -0.2) is 66.5 Å². The molecule has 2 aliphatic rings. The maximum absolute atomic E-state index is 12.8. The minimum absolute atomic E-state index is 0.0401. The molecule has 8 nitrogen and oxygen atoms in total. The fraction of sp³-hybridized carbons (Fsp3) is 0.474. The molecule has 0 aliphatic carbocycles. The van der Waals surface area contributed by atoms with Gasteiger partial charge >= 0.3 is 0 Å². The summed E-state index contributed by atoms with van der Waals surface area (Å²) in [6.07, 6.45) is 1.42. The highest BCUT2D eigenvalue weighted by Gasteiger charge is 2.28. The number of carbonyl (C=O) groups excluding carboxylic acids is 3. The van der Waals surface area contributed by atoms with Crippen molar-refractivity contribution < 1.29 is 19.1 Å². The number of aryl methyl sites for hydroxylation is 1. The van der Waals surface area contributed by atoms with Crippen LogP contribution in [0.25, 0.3) is 0 Å². The Balaban J connectivity index is 1.61. The standard InChI is InChI=1S/C19H24N4O4/c1-3-13-12-14(4-6-16(13)27-2)18(25)22-8-10-23(11-9-22)19(26)15-5-7-17(24)21-20-15/h4,6,12H,3,5,7-11H2,1-2H3,(H,21,24). The number of hydrazone groups is 1. The molecular weight excluding hydrogens is 348 g/mol. The summed E-state index contributed by atoms with van der Waals surface area (Å²) in [5.41, 5.74) is 4.35.